The first-order valence-electron chi connectivity index (χ1n) is 8.44. The van der Waals surface area contributed by atoms with E-state index in [0.717, 1.165) is 16.3 Å². The predicted molar refractivity (Wildman–Crippen MR) is 104 cm³/mol. The van der Waals surface area contributed by atoms with Crippen molar-refractivity contribution in [2.24, 2.45) is 11.5 Å². The van der Waals surface area contributed by atoms with Gasteiger partial charge in [0.25, 0.3) is 0 Å². The molecule has 0 aliphatic heterocycles. The zero-order chi connectivity index (χ0) is 18.5. The van der Waals surface area contributed by atoms with Crippen molar-refractivity contribution in [1.82, 2.24) is 0 Å². The number of amides is 2. The van der Waals surface area contributed by atoms with Gasteiger partial charge in [-0.15, -0.1) is 0 Å². The largest absolute Gasteiger partial charge is 0.368 e. The lowest BCUT2D eigenvalue weighted by molar-refractivity contribution is -0.124. The van der Waals surface area contributed by atoms with Crippen LogP contribution in [0.25, 0.3) is 10.8 Å². The van der Waals surface area contributed by atoms with Gasteiger partial charge in [0.2, 0.25) is 11.8 Å². The van der Waals surface area contributed by atoms with Gasteiger partial charge in [0, 0.05) is 12.1 Å². The second-order valence-corrected chi connectivity index (χ2v) is 6.11. The van der Waals surface area contributed by atoms with Crippen LogP contribution >= 0.6 is 0 Å². The SMILES string of the molecule is NCC(=O)N(c1ccc2ccccc2c1)[C@@H](Cc1ccccc1)C(N)=O. The number of rotatable bonds is 6. The maximum atomic E-state index is 12.6. The Morgan fingerprint density at radius 1 is 0.885 bits per heavy atom. The number of carbonyl (C=O) groups excluding carboxylic acids is 2. The molecule has 132 valence electrons. The van der Waals surface area contributed by atoms with Crippen molar-refractivity contribution in [2.45, 2.75) is 12.5 Å². The minimum absolute atomic E-state index is 0.203. The molecule has 0 fully saturated rings. The third-order valence-electron chi connectivity index (χ3n) is 4.37. The molecule has 0 unspecified atom stereocenters. The fourth-order valence-corrected chi connectivity index (χ4v) is 3.08. The Kier molecular flexibility index (Phi) is 5.29. The van der Waals surface area contributed by atoms with E-state index in [9.17, 15) is 9.59 Å². The van der Waals surface area contributed by atoms with Gasteiger partial charge in [-0.25, -0.2) is 0 Å². The number of nitrogens with two attached hydrogens (primary N) is 2. The maximum Gasteiger partial charge on any atom is 0.241 e. The molecule has 0 spiro atoms. The van der Waals surface area contributed by atoms with Gasteiger partial charge in [-0.3, -0.25) is 14.5 Å². The van der Waals surface area contributed by atoms with Crippen molar-refractivity contribution in [2.75, 3.05) is 11.4 Å². The molecule has 0 aliphatic carbocycles. The summed E-state index contributed by atoms with van der Waals surface area (Å²) >= 11 is 0. The summed E-state index contributed by atoms with van der Waals surface area (Å²) in [5.74, 6) is -0.913. The Morgan fingerprint density at radius 2 is 1.54 bits per heavy atom. The van der Waals surface area contributed by atoms with Gasteiger partial charge in [0.15, 0.2) is 0 Å². The minimum Gasteiger partial charge on any atom is -0.368 e. The van der Waals surface area contributed by atoms with E-state index in [-0.39, 0.29) is 12.5 Å². The number of benzene rings is 3. The predicted octanol–water partition coefficient (Wildman–Crippen LogP) is 2.23. The van der Waals surface area contributed by atoms with Gasteiger partial charge in [0.05, 0.1) is 6.54 Å². The van der Waals surface area contributed by atoms with Gasteiger partial charge in [-0.2, -0.15) is 0 Å². The molecule has 5 heteroatoms. The number of carbonyl (C=O) groups is 2. The fourth-order valence-electron chi connectivity index (χ4n) is 3.08. The average Bonchev–Trinajstić information content (AvgIpc) is 2.67. The van der Waals surface area contributed by atoms with Crippen molar-refractivity contribution < 1.29 is 9.59 Å². The van der Waals surface area contributed by atoms with Crippen LogP contribution in [0.3, 0.4) is 0 Å². The standard InChI is InChI=1S/C21H21N3O2/c22-14-20(25)24(18-11-10-16-8-4-5-9-17(16)13-18)19(21(23)26)12-15-6-2-1-3-7-15/h1-11,13,19H,12,14,22H2,(H2,23,26)/t19-/m0/s1. The Bertz CT molecular complexity index is 925. The lowest BCUT2D eigenvalue weighted by Gasteiger charge is -2.30. The van der Waals surface area contributed by atoms with E-state index in [4.69, 9.17) is 11.5 Å². The zero-order valence-corrected chi connectivity index (χ0v) is 14.3. The zero-order valence-electron chi connectivity index (χ0n) is 14.3. The highest BCUT2D eigenvalue weighted by molar-refractivity contribution is 6.02. The number of fused-ring (bicyclic) bond motifs is 1. The van der Waals surface area contributed by atoms with Gasteiger partial charge in [-0.1, -0.05) is 60.7 Å². The molecule has 5 nitrogen and oxygen atoms in total. The molecular formula is C21H21N3O2. The van der Waals surface area contributed by atoms with Crippen molar-refractivity contribution in [3.63, 3.8) is 0 Å². The number of hydrogen-bond donors (Lipinski definition) is 2. The first-order valence-corrected chi connectivity index (χ1v) is 8.44. The van der Waals surface area contributed by atoms with Crippen molar-refractivity contribution in [1.29, 1.82) is 0 Å². The van der Waals surface area contributed by atoms with Gasteiger partial charge in [0.1, 0.15) is 6.04 Å². The number of anilines is 1. The summed E-state index contributed by atoms with van der Waals surface area (Å²) < 4.78 is 0. The molecular weight excluding hydrogens is 326 g/mol. The van der Waals surface area contributed by atoms with Crippen LogP contribution in [0.5, 0.6) is 0 Å². The van der Waals surface area contributed by atoms with Crippen LogP contribution < -0.4 is 16.4 Å². The normalized spacial score (nSPS) is 11.9. The second-order valence-electron chi connectivity index (χ2n) is 6.11. The molecule has 0 radical (unpaired) electrons. The van der Waals surface area contributed by atoms with E-state index in [1.165, 1.54) is 4.90 Å². The van der Waals surface area contributed by atoms with E-state index in [1.54, 1.807) is 0 Å². The van der Waals surface area contributed by atoms with Crippen LogP contribution in [0.15, 0.2) is 72.8 Å². The summed E-state index contributed by atoms with van der Waals surface area (Å²) in [6, 6.07) is 22.1. The average molecular weight is 347 g/mol. The van der Waals surface area contributed by atoms with E-state index in [2.05, 4.69) is 0 Å². The van der Waals surface area contributed by atoms with Crippen molar-refractivity contribution in [3.8, 4) is 0 Å². The molecule has 0 bridgehead atoms. The molecule has 3 aromatic carbocycles. The highest BCUT2D eigenvalue weighted by atomic mass is 16.2. The third-order valence-corrected chi connectivity index (χ3v) is 4.37. The van der Waals surface area contributed by atoms with Crippen LogP contribution in [-0.4, -0.2) is 24.4 Å². The molecule has 26 heavy (non-hydrogen) atoms. The number of primary amides is 1. The fraction of sp³-hybridized carbons (Fsp3) is 0.143. The van der Waals surface area contributed by atoms with E-state index in [0.29, 0.717) is 12.1 Å². The van der Waals surface area contributed by atoms with E-state index >= 15 is 0 Å². The summed E-state index contributed by atoms with van der Waals surface area (Å²) in [5.41, 5.74) is 12.8. The van der Waals surface area contributed by atoms with E-state index < -0.39 is 11.9 Å². The maximum absolute atomic E-state index is 12.6. The molecule has 2 amide bonds. The monoisotopic (exact) mass is 347 g/mol. The Labute approximate surface area is 152 Å². The highest BCUT2D eigenvalue weighted by Crippen LogP contribution is 2.25. The molecule has 3 aromatic rings. The second kappa shape index (κ2) is 7.80. The molecule has 0 heterocycles. The lowest BCUT2D eigenvalue weighted by Crippen LogP contribution is -2.51. The molecule has 1 atom stereocenters. The van der Waals surface area contributed by atoms with Crippen molar-refractivity contribution >= 4 is 28.3 Å². The van der Waals surface area contributed by atoms with Crippen LogP contribution in [-0.2, 0) is 16.0 Å². The number of hydrogen-bond acceptors (Lipinski definition) is 3. The van der Waals surface area contributed by atoms with Gasteiger partial charge >= 0.3 is 0 Å². The van der Waals surface area contributed by atoms with E-state index in [1.807, 2.05) is 72.8 Å². The molecule has 0 saturated carbocycles. The minimum atomic E-state index is -0.811. The van der Waals surface area contributed by atoms with Crippen LogP contribution in [0, 0.1) is 0 Å². The molecule has 0 aromatic heterocycles. The van der Waals surface area contributed by atoms with Crippen LogP contribution in [0.4, 0.5) is 5.69 Å². The van der Waals surface area contributed by atoms with Crippen LogP contribution in [0.1, 0.15) is 5.56 Å². The first kappa shape index (κ1) is 17.6. The summed E-state index contributed by atoms with van der Waals surface area (Å²) in [6.07, 6.45) is 0.328. The quantitative estimate of drug-likeness (QED) is 0.716. The Hall–Kier alpha value is -3.18. The first-order chi connectivity index (χ1) is 12.6. The molecule has 4 N–H and O–H groups in total. The topological polar surface area (TPSA) is 89.4 Å². The molecule has 3 rings (SSSR count). The molecule has 0 saturated heterocycles. The number of nitrogens with zero attached hydrogens (tertiary/aromatic N) is 1. The molecule has 0 aliphatic rings. The van der Waals surface area contributed by atoms with Crippen molar-refractivity contribution in [3.05, 3.63) is 78.4 Å². The summed E-state index contributed by atoms with van der Waals surface area (Å²) in [5, 5.41) is 2.03. The Morgan fingerprint density at radius 3 is 2.19 bits per heavy atom. The smallest absolute Gasteiger partial charge is 0.241 e. The summed E-state index contributed by atoms with van der Waals surface area (Å²) in [4.78, 5) is 26.2. The Balaban J connectivity index is 2.04. The van der Waals surface area contributed by atoms with Crippen LogP contribution in [0.2, 0.25) is 0 Å². The highest BCUT2D eigenvalue weighted by Gasteiger charge is 2.29. The summed E-state index contributed by atoms with van der Waals surface area (Å²) in [7, 11) is 0. The lowest BCUT2D eigenvalue weighted by atomic mass is 10.0. The van der Waals surface area contributed by atoms with Gasteiger partial charge < -0.3 is 11.5 Å². The third kappa shape index (κ3) is 3.73. The van der Waals surface area contributed by atoms with Gasteiger partial charge in [-0.05, 0) is 28.5 Å². The summed E-state index contributed by atoms with van der Waals surface area (Å²) in [6.45, 7) is -0.203.